The van der Waals surface area contributed by atoms with Crippen LogP contribution < -0.4 is 16.6 Å². The van der Waals surface area contributed by atoms with Gasteiger partial charge in [-0.3, -0.25) is 14.0 Å². The molecule has 0 bridgehead atoms. The summed E-state index contributed by atoms with van der Waals surface area (Å²) in [6.07, 6.45) is 2.86. The third-order valence-corrected chi connectivity index (χ3v) is 7.37. The molecule has 2 aromatic carbocycles. The number of hydrogen-bond acceptors (Lipinski definition) is 6. The fourth-order valence-electron chi connectivity index (χ4n) is 5.46. The molecule has 0 saturated heterocycles. The van der Waals surface area contributed by atoms with Gasteiger partial charge in [0.15, 0.2) is 5.65 Å². The molecule has 0 fully saturated rings. The number of nitrogens with zero attached hydrogens (tertiary/aromatic N) is 5. The molecule has 6 aromatic rings. The molecule has 4 aromatic heterocycles. The van der Waals surface area contributed by atoms with Crippen LogP contribution in [0.4, 0.5) is 15.9 Å². The molecule has 10 heteroatoms. The first-order chi connectivity index (χ1) is 19.4. The number of fused-ring (bicyclic) bond motifs is 3. The van der Waals surface area contributed by atoms with Gasteiger partial charge in [-0.2, -0.15) is 5.10 Å². The molecule has 1 atom stereocenters. The zero-order valence-electron chi connectivity index (χ0n) is 21.3. The number of anilines is 2. The minimum Gasteiger partial charge on any atom is -0.383 e. The number of halogens is 1. The van der Waals surface area contributed by atoms with Gasteiger partial charge in [-0.1, -0.05) is 36.4 Å². The smallest absolute Gasteiger partial charge is 0.263 e. The molecule has 3 N–H and O–H groups in total. The van der Waals surface area contributed by atoms with Gasteiger partial charge in [-0.25, -0.2) is 19.0 Å². The van der Waals surface area contributed by atoms with Crippen molar-refractivity contribution in [3.63, 3.8) is 0 Å². The molecule has 1 aliphatic heterocycles. The van der Waals surface area contributed by atoms with Crippen LogP contribution in [0.1, 0.15) is 24.1 Å². The Hall–Kier alpha value is -5.38. The Morgan fingerprint density at radius 1 is 1.00 bits per heavy atom. The number of carbonyl (C=O) groups is 1. The number of benzene rings is 2. The normalized spacial score (nSPS) is 13.5. The van der Waals surface area contributed by atoms with Gasteiger partial charge in [-0.05, 0) is 53.9 Å². The average Bonchev–Trinajstić information content (AvgIpc) is 3.53. The Morgan fingerprint density at radius 2 is 1.82 bits per heavy atom. The number of rotatable bonds is 4. The van der Waals surface area contributed by atoms with E-state index in [4.69, 9.17) is 10.8 Å². The van der Waals surface area contributed by atoms with E-state index in [2.05, 4.69) is 15.3 Å². The van der Waals surface area contributed by atoms with Crippen molar-refractivity contribution in [3.8, 4) is 22.4 Å². The molecule has 0 aliphatic carbocycles. The van der Waals surface area contributed by atoms with Crippen molar-refractivity contribution >= 4 is 34.0 Å². The van der Waals surface area contributed by atoms with Gasteiger partial charge >= 0.3 is 0 Å². The lowest BCUT2D eigenvalue weighted by molar-refractivity contribution is -0.115. The zero-order valence-corrected chi connectivity index (χ0v) is 21.3. The number of nitrogens with two attached hydrogens (primary N) is 1. The molecule has 9 nitrogen and oxygen atoms in total. The lowest BCUT2D eigenvalue weighted by Crippen LogP contribution is -2.21. The van der Waals surface area contributed by atoms with Crippen molar-refractivity contribution < 1.29 is 9.18 Å². The fraction of sp³-hybridized carbons (Fsp3) is 0.100. The number of carbonyl (C=O) groups excluding carboxylic acids is 1. The summed E-state index contributed by atoms with van der Waals surface area (Å²) in [7, 11) is 0. The van der Waals surface area contributed by atoms with Gasteiger partial charge in [0.05, 0.1) is 23.4 Å². The first-order valence-corrected chi connectivity index (χ1v) is 12.7. The highest BCUT2D eigenvalue weighted by molar-refractivity contribution is 6.02. The van der Waals surface area contributed by atoms with E-state index in [1.807, 2.05) is 61.5 Å². The highest BCUT2D eigenvalue weighted by atomic mass is 19.1. The molecule has 0 radical (unpaired) electrons. The van der Waals surface area contributed by atoms with Crippen LogP contribution in [0.15, 0.2) is 84.0 Å². The second-order valence-corrected chi connectivity index (χ2v) is 9.81. The van der Waals surface area contributed by atoms with Crippen molar-refractivity contribution in [1.29, 1.82) is 0 Å². The first kappa shape index (κ1) is 23.7. The van der Waals surface area contributed by atoms with Crippen LogP contribution in [0.3, 0.4) is 0 Å². The van der Waals surface area contributed by atoms with Crippen LogP contribution in [0.5, 0.6) is 0 Å². The van der Waals surface area contributed by atoms with Crippen molar-refractivity contribution in [2.75, 3.05) is 11.1 Å². The van der Waals surface area contributed by atoms with Gasteiger partial charge in [0.25, 0.3) is 5.56 Å². The van der Waals surface area contributed by atoms with Gasteiger partial charge in [-0.15, -0.1) is 0 Å². The minimum absolute atomic E-state index is 0.0603. The topological polar surface area (TPSA) is 120 Å². The van der Waals surface area contributed by atoms with E-state index in [-0.39, 0.29) is 23.7 Å². The maximum absolute atomic E-state index is 14.1. The van der Waals surface area contributed by atoms with Gasteiger partial charge in [0.2, 0.25) is 5.91 Å². The third-order valence-electron chi connectivity index (χ3n) is 7.37. The van der Waals surface area contributed by atoms with Gasteiger partial charge in [0, 0.05) is 23.0 Å². The molecule has 0 saturated carbocycles. The Morgan fingerprint density at radius 3 is 2.65 bits per heavy atom. The van der Waals surface area contributed by atoms with Crippen LogP contribution in [-0.2, 0) is 11.2 Å². The minimum atomic E-state index is -0.504. The largest absolute Gasteiger partial charge is 0.383 e. The number of nitrogens with one attached hydrogen (secondary N) is 1. The maximum Gasteiger partial charge on any atom is 0.263 e. The molecule has 1 aliphatic rings. The van der Waals surface area contributed by atoms with Crippen LogP contribution in [0.25, 0.3) is 38.9 Å². The van der Waals surface area contributed by atoms with Crippen LogP contribution >= 0.6 is 0 Å². The summed E-state index contributed by atoms with van der Waals surface area (Å²) in [4.78, 5) is 34.5. The highest BCUT2D eigenvalue weighted by Crippen LogP contribution is 2.37. The summed E-state index contributed by atoms with van der Waals surface area (Å²) >= 11 is 0. The highest BCUT2D eigenvalue weighted by Gasteiger charge is 2.26. The molecule has 7 rings (SSSR count). The van der Waals surface area contributed by atoms with E-state index in [1.54, 1.807) is 10.7 Å². The average molecular weight is 532 g/mol. The van der Waals surface area contributed by atoms with E-state index < -0.39 is 11.9 Å². The number of nitrogen functional groups attached to an aromatic ring is 1. The summed E-state index contributed by atoms with van der Waals surface area (Å²) in [6.45, 7) is 1.93. The predicted molar refractivity (Wildman–Crippen MR) is 150 cm³/mol. The van der Waals surface area contributed by atoms with Crippen molar-refractivity contribution in [2.24, 2.45) is 0 Å². The van der Waals surface area contributed by atoms with Crippen LogP contribution in [0, 0.1) is 5.82 Å². The molecular weight excluding hydrogens is 509 g/mol. The number of pyridine rings is 2. The first-order valence-electron chi connectivity index (χ1n) is 12.7. The predicted octanol–water partition coefficient (Wildman–Crippen LogP) is 4.60. The lowest BCUT2D eigenvalue weighted by Gasteiger charge is -2.19. The Labute approximate surface area is 226 Å². The van der Waals surface area contributed by atoms with Gasteiger partial charge < -0.3 is 11.1 Å². The lowest BCUT2D eigenvalue weighted by atomic mass is 9.96. The Balaban J connectivity index is 1.47. The van der Waals surface area contributed by atoms with Gasteiger partial charge in [0.1, 0.15) is 23.7 Å². The molecule has 0 spiro atoms. The summed E-state index contributed by atoms with van der Waals surface area (Å²) in [5.74, 6) is -0.295. The fourth-order valence-corrected chi connectivity index (χ4v) is 5.46. The molecular formula is C30H22FN7O2. The van der Waals surface area contributed by atoms with E-state index >= 15 is 0 Å². The SMILES string of the molecule is CC(c1cc2ccc(F)cn2c(=O)c1-c1ccccc1)n1nc(-c2ccc3c(c2)CC(=O)N3)c2c(N)ncnc21. The van der Waals surface area contributed by atoms with Crippen LogP contribution in [0.2, 0.25) is 0 Å². The quantitative estimate of drug-likeness (QED) is 0.343. The van der Waals surface area contributed by atoms with Crippen LogP contribution in [-0.4, -0.2) is 30.1 Å². The summed E-state index contributed by atoms with van der Waals surface area (Å²) in [5.41, 5.74) is 11.9. The second kappa shape index (κ2) is 8.84. The monoisotopic (exact) mass is 531 g/mol. The van der Waals surface area contributed by atoms with E-state index in [1.165, 1.54) is 23.0 Å². The Bertz CT molecular complexity index is 2050. The number of hydrogen-bond donors (Lipinski definition) is 2. The molecule has 1 unspecified atom stereocenters. The summed E-state index contributed by atoms with van der Waals surface area (Å²) < 4.78 is 17.2. The molecule has 196 valence electrons. The molecule has 40 heavy (non-hydrogen) atoms. The third kappa shape index (κ3) is 3.64. The summed E-state index contributed by atoms with van der Waals surface area (Å²) in [6, 6.07) is 19.2. The maximum atomic E-state index is 14.1. The molecule has 1 amide bonds. The number of aromatic nitrogens is 5. The van der Waals surface area contributed by atoms with E-state index in [0.29, 0.717) is 38.9 Å². The van der Waals surface area contributed by atoms with E-state index in [9.17, 15) is 14.0 Å². The van der Waals surface area contributed by atoms with Crippen molar-refractivity contribution in [3.05, 3.63) is 107 Å². The second-order valence-electron chi connectivity index (χ2n) is 9.81. The van der Waals surface area contributed by atoms with Crippen molar-refractivity contribution in [1.82, 2.24) is 24.1 Å². The Kier molecular flexibility index (Phi) is 5.24. The number of amides is 1. The molecule has 5 heterocycles. The van der Waals surface area contributed by atoms with Crippen molar-refractivity contribution in [2.45, 2.75) is 19.4 Å². The zero-order chi connectivity index (χ0) is 27.5. The van der Waals surface area contributed by atoms with E-state index in [0.717, 1.165) is 16.8 Å². The standard InChI is InChI=1S/C30H22FN7O2/c1-16(22-13-21-9-8-20(31)14-37(21)30(40)25(22)17-5-3-2-4-6-17)38-29-26(28(32)33-15-34-29)27(36-38)18-7-10-23-19(11-18)12-24(39)35-23/h2-11,13-16H,12H2,1H3,(H,35,39)(H2,32,33,34). The summed E-state index contributed by atoms with van der Waals surface area (Å²) in [5, 5.41) is 8.38.